The highest BCUT2D eigenvalue weighted by atomic mass is 35.5. The molecule has 8 nitrogen and oxygen atoms in total. The van der Waals surface area contributed by atoms with E-state index in [0.717, 1.165) is 68.5 Å². The van der Waals surface area contributed by atoms with E-state index in [0.29, 0.717) is 11.5 Å². The van der Waals surface area contributed by atoms with Gasteiger partial charge in [-0.3, -0.25) is 9.89 Å². The molecule has 2 aliphatic rings. The van der Waals surface area contributed by atoms with E-state index >= 15 is 0 Å². The molecule has 0 atom stereocenters. The Morgan fingerprint density at radius 3 is 2.66 bits per heavy atom. The third kappa shape index (κ3) is 3.65. The molecule has 1 saturated heterocycles. The molecule has 2 N–H and O–H groups in total. The number of hydrogen-bond donors (Lipinski definition) is 2. The van der Waals surface area contributed by atoms with Crippen LogP contribution in [0.1, 0.15) is 40.8 Å². The van der Waals surface area contributed by atoms with Gasteiger partial charge in [0.2, 0.25) is 0 Å². The number of hydrogen-bond acceptors (Lipinski definition) is 5. The van der Waals surface area contributed by atoms with Gasteiger partial charge in [-0.2, -0.15) is 5.10 Å². The minimum Gasteiger partial charge on any atom is -0.338 e. The minimum atomic E-state index is 0. The summed E-state index contributed by atoms with van der Waals surface area (Å²) >= 11 is 0. The normalized spacial score (nSPS) is 16.9. The van der Waals surface area contributed by atoms with Crippen LogP contribution < -0.4 is 5.32 Å². The van der Waals surface area contributed by atoms with Crippen LogP contribution >= 0.6 is 12.4 Å². The number of carbonyl (C=O) groups excluding carboxylic acids is 1. The maximum atomic E-state index is 13.1. The van der Waals surface area contributed by atoms with Crippen molar-refractivity contribution in [3.8, 4) is 11.3 Å². The summed E-state index contributed by atoms with van der Waals surface area (Å²) in [6.07, 6.45) is 3.46. The van der Waals surface area contributed by atoms with E-state index in [1.807, 2.05) is 35.2 Å². The molecule has 9 heteroatoms. The monoisotopic (exact) mass is 413 g/mol. The lowest BCUT2D eigenvalue weighted by Gasteiger charge is -2.32. The number of H-pyrrole nitrogens is 1. The number of benzene rings is 1. The molecule has 2 aromatic heterocycles. The predicted molar refractivity (Wildman–Crippen MR) is 111 cm³/mol. The summed E-state index contributed by atoms with van der Waals surface area (Å²) in [5.74, 6) is 2.50. The van der Waals surface area contributed by atoms with Gasteiger partial charge in [-0.05, 0) is 12.8 Å². The Kier molecular flexibility index (Phi) is 5.64. The van der Waals surface area contributed by atoms with Crippen LogP contribution in [0.15, 0.2) is 36.5 Å². The first-order valence-corrected chi connectivity index (χ1v) is 9.82. The number of nitrogens with one attached hydrogen (secondary N) is 2. The second-order valence-electron chi connectivity index (χ2n) is 7.39. The quantitative estimate of drug-likeness (QED) is 0.686. The van der Waals surface area contributed by atoms with Gasteiger partial charge in [-0.1, -0.05) is 30.3 Å². The Bertz CT molecular complexity index is 976. The molecular formula is C20H24ClN7O. The van der Waals surface area contributed by atoms with Gasteiger partial charge in [0.15, 0.2) is 0 Å². The average Bonchev–Trinajstić information content (AvgIpc) is 3.41. The first-order chi connectivity index (χ1) is 13.8. The lowest BCUT2D eigenvalue weighted by atomic mass is 9.95. The summed E-state index contributed by atoms with van der Waals surface area (Å²) in [4.78, 5) is 15.0. The topological polar surface area (TPSA) is 91.7 Å². The van der Waals surface area contributed by atoms with Crippen molar-refractivity contribution in [2.45, 2.75) is 31.8 Å². The third-order valence-electron chi connectivity index (χ3n) is 5.73. The fourth-order valence-corrected chi connectivity index (χ4v) is 4.20. The molecule has 0 unspecified atom stereocenters. The van der Waals surface area contributed by atoms with Gasteiger partial charge < -0.3 is 14.8 Å². The van der Waals surface area contributed by atoms with E-state index < -0.39 is 0 Å². The number of fused-ring (bicyclic) bond motifs is 1. The maximum absolute atomic E-state index is 13.1. The highest BCUT2D eigenvalue weighted by Crippen LogP contribution is 2.30. The van der Waals surface area contributed by atoms with Gasteiger partial charge >= 0.3 is 0 Å². The number of likely N-dealkylation sites (tertiary alicyclic amines) is 1. The molecule has 0 saturated carbocycles. The van der Waals surface area contributed by atoms with E-state index in [1.54, 1.807) is 6.20 Å². The van der Waals surface area contributed by atoms with Crippen LogP contribution in [0.5, 0.6) is 0 Å². The van der Waals surface area contributed by atoms with E-state index in [2.05, 4.69) is 30.3 Å². The van der Waals surface area contributed by atoms with Crippen molar-refractivity contribution in [3.05, 3.63) is 53.7 Å². The van der Waals surface area contributed by atoms with Crippen LogP contribution in [-0.4, -0.2) is 55.4 Å². The van der Waals surface area contributed by atoms with Crippen molar-refractivity contribution in [1.29, 1.82) is 0 Å². The molecule has 152 valence electrons. The van der Waals surface area contributed by atoms with Crippen LogP contribution in [0.3, 0.4) is 0 Å². The van der Waals surface area contributed by atoms with E-state index in [1.165, 1.54) is 0 Å². The highest BCUT2D eigenvalue weighted by molar-refractivity contribution is 5.99. The van der Waals surface area contributed by atoms with Gasteiger partial charge in [0.25, 0.3) is 5.91 Å². The van der Waals surface area contributed by atoms with Gasteiger partial charge in [-0.15, -0.1) is 22.6 Å². The number of halogens is 1. The molecule has 2 aliphatic heterocycles. The first-order valence-electron chi connectivity index (χ1n) is 9.82. The molecule has 4 heterocycles. The van der Waals surface area contributed by atoms with Gasteiger partial charge in [0.1, 0.15) is 11.6 Å². The van der Waals surface area contributed by atoms with Gasteiger partial charge in [-0.25, -0.2) is 0 Å². The summed E-state index contributed by atoms with van der Waals surface area (Å²) in [5, 5.41) is 19.2. The second-order valence-corrected chi connectivity index (χ2v) is 7.39. The molecule has 0 bridgehead atoms. The number of nitrogens with zero attached hydrogens (tertiary/aromatic N) is 5. The number of piperidine rings is 1. The van der Waals surface area contributed by atoms with Crippen molar-refractivity contribution < 1.29 is 4.79 Å². The standard InChI is InChI=1S/C20H23N7O.ClH/c28-20(16-12-22-24-18(16)14-4-2-1-3-5-14)26-9-6-15(7-10-26)19-25-23-17-13-21-8-11-27(17)19;/h1-5,12,15,21H,6-11,13H2,(H,22,24);1H. The molecule has 1 amide bonds. The lowest BCUT2D eigenvalue weighted by Crippen LogP contribution is -2.39. The minimum absolute atomic E-state index is 0. The van der Waals surface area contributed by atoms with Crippen molar-refractivity contribution in [1.82, 2.24) is 35.2 Å². The zero-order valence-electron chi connectivity index (χ0n) is 16.0. The molecule has 29 heavy (non-hydrogen) atoms. The second kappa shape index (κ2) is 8.34. The summed E-state index contributed by atoms with van der Waals surface area (Å²) in [5.41, 5.74) is 2.39. The zero-order valence-corrected chi connectivity index (χ0v) is 16.9. The van der Waals surface area contributed by atoms with Crippen LogP contribution in [-0.2, 0) is 13.1 Å². The van der Waals surface area contributed by atoms with E-state index in [-0.39, 0.29) is 18.3 Å². The number of rotatable bonds is 3. The Hall–Kier alpha value is -2.71. The zero-order chi connectivity index (χ0) is 18.9. The highest BCUT2D eigenvalue weighted by Gasteiger charge is 2.30. The summed E-state index contributed by atoms with van der Waals surface area (Å²) in [7, 11) is 0. The Morgan fingerprint density at radius 2 is 1.86 bits per heavy atom. The smallest absolute Gasteiger partial charge is 0.257 e. The maximum Gasteiger partial charge on any atom is 0.257 e. The summed E-state index contributed by atoms with van der Waals surface area (Å²) < 4.78 is 2.25. The molecule has 0 spiro atoms. The summed E-state index contributed by atoms with van der Waals surface area (Å²) in [6, 6.07) is 9.86. The van der Waals surface area contributed by atoms with Crippen molar-refractivity contribution in [3.63, 3.8) is 0 Å². The summed E-state index contributed by atoms with van der Waals surface area (Å²) in [6.45, 7) is 4.12. The van der Waals surface area contributed by atoms with Crippen molar-refractivity contribution >= 4 is 18.3 Å². The molecule has 5 rings (SSSR count). The Balaban J connectivity index is 0.00000205. The SMILES string of the molecule is Cl.O=C(c1cn[nH]c1-c1ccccc1)N1CCC(c2nnc3n2CCNC3)CC1. The molecule has 0 aliphatic carbocycles. The first kappa shape index (κ1) is 19.6. The van der Waals surface area contributed by atoms with Crippen molar-refractivity contribution in [2.24, 2.45) is 0 Å². The van der Waals surface area contributed by atoms with Crippen molar-refractivity contribution in [2.75, 3.05) is 19.6 Å². The number of carbonyl (C=O) groups is 1. The average molecular weight is 414 g/mol. The van der Waals surface area contributed by atoms with Gasteiger partial charge in [0, 0.05) is 37.7 Å². The molecular weight excluding hydrogens is 390 g/mol. The van der Waals surface area contributed by atoms with Crippen LogP contribution in [0, 0.1) is 0 Å². The Morgan fingerprint density at radius 1 is 1.07 bits per heavy atom. The number of amides is 1. The molecule has 0 radical (unpaired) electrons. The predicted octanol–water partition coefficient (Wildman–Crippen LogP) is 2.21. The molecule has 3 aromatic rings. The molecule has 1 aromatic carbocycles. The fraction of sp³-hybridized carbons (Fsp3) is 0.400. The molecule has 1 fully saturated rings. The lowest BCUT2D eigenvalue weighted by molar-refractivity contribution is 0.0711. The van der Waals surface area contributed by atoms with E-state index in [9.17, 15) is 4.79 Å². The Labute approximate surface area is 175 Å². The van der Waals surface area contributed by atoms with Crippen LogP contribution in [0.4, 0.5) is 0 Å². The van der Waals surface area contributed by atoms with Gasteiger partial charge in [0.05, 0.1) is 24.0 Å². The number of aromatic nitrogens is 5. The fourth-order valence-electron chi connectivity index (χ4n) is 4.20. The van der Waals surface area contributed by atoms with Crippen LogP contribution in [0.2, 0.25) is 0 Å². The number of aromatic amines is 1. The van der Waals surface area contributed by atoms with E-state index in [4.69, 9.17) is 0 Å². The largest absolute Gasteiger partial charge is 0.338 e. The third-order valence-corrected chi connectivity index (χ3v) is 5.73. The van der Waals surface area contributed by atoms with Crippen LogP contribution in [0.25, 0.3) is 11.3 Å².